The Morgan fingerprint density at radius 2 is 2.00 bits per heavy atom. The van der Waals surface area contributed by atoms with Crippen LogP contribution < -0.4 is 5.32 Å². The number of hydrogen-bond acceptors (Lipinski definition) is 5. The highest BCUT2D eigenvalue weighted by Gasteiger charge is 2.22. The van der Waals surface area contributed by atoms with Gasteiger partial charge in [0.25, 0.3) is 0 Å². The second-order valence-corrected chi connectivity index (χ2v) is 5.88. The van der Waals surface area contributed by atoms with Crippen molar-refractivity contribution in [3.8, 4) is 0 Å². The van der Waals surface area contributed by atoms with Crippen molar-refractivity contribution >= 4 is 13.7 Å². The summed E-state index contributed by atoms with van der Waals surface area (Å²) in [6.07, 6.45) is 2.53. The topological polar surface area (TPSA) is 105 Å². The highest BCUT2D eigenvalue weighted by Crippen LogP contribution is 2.43. The SMILES string of the molecule is CCNC(=O)CCCCC(CO)COP(=O)(O)OCC. The van der Waals surface area contributed by atoms with Crippen LogP contribution in [0.25, 0.3) is 0 Å². The summed E-state index contributed by atoms with van der Waals surface area (Å²) in [6.45, 7) is 4.00. The maximum atomic E-state index is 11.3. The molecule has 7 nitrogen and oxygen atoms in total. The van der Waals surface area contributed by atoms with E-state index in [1.54, 1.807) is 6.92 Å². The third kappa shape index (κ3) is 10.3. The summed E-state index contributed by atoms with van der Waals surface area (Å²) in [5.41, 5.74) is 0. The van der Waals surface area contributed by atoms with Crippen molar-refractivity contribution in [2.75, 3.05) is 26.4 Å². The third-order valence-electron chi connectivity index (χ3n) is 2.66. The highest BCUT2D eigenvalue weighted by atomic mass is 31.2. The molecule has 1 amide bonds. The molecule has 0 aliphatic rings. The lowest BCUT2D eigenvalue weighted by Crippen LogP contribution is -2.22. The summed E-state index contributed by atoms with van der Waals surface area (Å²) in [6, 6.07) is 0. The van der Waals surface area contributed by atoms with Crippen LogP contribution in [-0.2, 0) is 18.4 Å². The van der Waals surface area contributed by atoms with Crippen LogP contribution in [0.5, 0.6) is 0 Å². The molecular weight excluding hydrogens is 285 g/mol. The number of aliphatic hydroxyl groups is 1. The Labute approximate surface area is 120 Å². The molecule has 20 heavy (non-hydrogen) atoms. The zero-order chi connectivity index (χ0) is 15.4. The van der Waals surface area contributed by atoms with E-state index in [1.807, 2.05) is 6.92 Å². The molecule has 0 radical (unpaired) electrons. The van der Waals surface area contributed by atoms with Gasteiger partial charge in [-0.05, 0) is 26.7 Å². The molecule has 0 spiro atoms. The van der Waals surface area contributed by atoms with Crippen molar-refractivity contribution < 1.29 is 28.4 Å². The molecule has 2 atom stereocenters. The van der Waals surface area contributed by atoms with Crippen LogP contribution in [0.15, 0.2) is 0 Å². The van der Waals surface area contributed by atoms with Gasteiger partial charge in [-0.15, -0.1) is 0 Å². The van der Waals surface area contributed by atoms with Gasteiger partial charge < -0.3 is 15.3 Å². The molecule has 0 heterocycles. The van der Waals surface area contributed by atoms with E-state index in [-0.39, 0.29) is 31.6 Å². The first kappa shape index (κ1) is 19.5. The molecule has 120 valence electrons. The number of carbonyl (C=O) groups excluding carboxylic acids is 1. The second-order valence-electron chi connectivity index (χ2n) is 4.43. The van der Waals surface area contributed by atoms with Gasteiger partial charge in [0.15, 0.2) is 0 Å². The third-order valence-corrected chi connectivity index (χ3v) is 3.72. The first-order chi connectivity index (χ1) is 9.45. The van der Waals surface area contributed by atoms with Crippen LogP contribution in [0.1, 0.15) is 39.5 Å². The lowest BCUT2D eigenvalue weighted by atomic mass is 10.0. The number of nitrogens with one attached hydrogen (secondary N) is 1. The summed E-state index contributed by atoms with van der Waals surface area (Å²) >= 11 is 0. The number of carbonyl (C=O) groups is 1. The highest BCUT2D eigenvalue weighted by molar-refractivity contribution is 7.47. The van der Waals surface area contributed by atoms with E-state index in [4.69, 9.17) is 4.52 Å². The Kier molecular flexibility index (Phi) is 11.0. The normalized spacial score (nSPS) is 15.6. The smallest absolute Gasteiger partial charge is 0.396 e. The molecule has 0 aromatic rings. The fourth-order valence-corrected chi connectivity index (χ4v) is 2.43. The fraction of sp³-hybridized carbons (Fsp3) is 0.917. The van der Waals surface area contributed by atoms with Crippen molar-refractivity contribution in [1.82, 2.24) is 5.32 Å². The van der Waals surface area contributed by atoms with E-state index in [1.165, 1.54) is 0 Å². The molecule has 0 aromatic carbocycles. The van der Waals surface area contributed by atoms with Crippen LogP contribution in [-0.4, -0.2) is 42.3 Å². The molecule has 0 aliphatic carbocycles. The Balaban J connectivity index is 3.82. The zero-order valence-electron chi connectivity index (χ0n) is 12.2. The molecular formula is C12H26NO6P. The first-order valence-corrected chi connectivity index (χ1v) is 8.44. The molecule has 0 bridgehead atoms. The van der Waals surface area contributed by atoms with E-state index < -0.39 is 7.82 Å². The summed E-state index contributed by atoms with van der Waals surface area (Å²) < 4.78 is 20.7. The molecule has 0 aromatic heterocycles. The van der Waals surface area contributed by atoms with Crippen molar-refractivity contribution in [3.05, 3.63) is 0 Å². The Hall–Kier alpha value is -0.460. The number of phosphoric acid groups is 1. The number of aliphatic hydroxyl groups excluding tert-OH is 1. The molecule has 2 unspecified atom stereocenters. The van der Waals surface area contributed by atoms with Crippen LogP contribution in [0.4, 0.5) is 0 Å². The lowest BCUT2D eigenvalue weighted by Gasteiger charge is -2.16. The molecule has 0 rings (SSSR count). The van der Waals surface area contributed by atoms with Crippen LogP contribution in [0, 0.1) is 5.92 Å². The Morgan fingerprint density at radius 1 is 1.30 bits per heavy atom. The van der Waals surface area contributed by atoms with Crippen LogP contribution in [0.2, 0.25) is 0 Å². The molecule has 3 N–H and O–H groups in total. The van der Waals surface area contributed by atoms with E-state index in [0.29, 0.717) is 25.8 Å². The largest absolute Gasteiger partial charge is 0.472 e. The van der Waals surface area contributed by atoms with Crippen LogP contribution in [0.3, 0.4) is 0 Å². The number of phosphoric ester groups is 1. The Morgan fingerprint density at radius 3 is 2.55 bits per heavy atom. The van der Waals surface area contributed by atoms with Gasteiger partial charge in [-0.3, -0.25) is 13.8 Å². The monoisotopic (exact) mass is 311 g/mol. The number of hydrogen-bond donors (Lipinski definition) is 3. The minimum absolute atomic E-state index is 0.0144. The molecule has 0 aliphatic heterocycles. The quantitative estimate of drug-likeness (QED) is 0.372. The standard InChI is InChI=1S/C12H26NO6P/c1-3-13-12(15)8-6-5-7-11(9-14)10-19-20(16,17)18-4-2/h11,14H,3-10H2,1-2H3,(H,13,15)(H,16,17). The van der Waals surface area contributed by atoms with Crippen molar-refractivity contribution in [2.24, 2.45) is 5.92 Å². The summed E-state index contributed by atoms with van der Waals surface area (Å²) in [5.74, 6) is -0.217. The molecule has 0 saturated heterocycles. The van der Waals surface area contributed by atoms with Crippen LogP contribution >= 0.6 is 7.82 Å². The maximum Gasteiger partial charge on any atom is 0.472 e. The average Bonchev–Trinajstić information content (AvgIpc) is 2.38. The predicted molar refractivity (Wildman–Crippen MR) is 75.1 cm³/mol. The van der Waals surface area contributed by atoms with Gasteiger partial charge >= 0.3 is 7.82 Å². The fourth-order valence-electron chi connectivity index (χ4n) is 1.63. The molecule has 0 fully saturated rings. The van der Waals surface area contributed by atoms with Gasteiger partial charge in [0.1, 0.15) is 0 Å². The van der Waals surface area contributed by atoms with Gasteiger partial charge in [-0.1, -0.05) is 6.42 Å². The minimum atomic E-state index is -4.00. The second kappa shape index (κ2) is 11.2. The predicted octanol–water partition coefficient (Wildman–Crippen LogP) is 1.44. The van der Waals surface area contributed by atoms with Gasteiger partial charge in [0.2, 0.25) is 5.91 Å². The first-order valence-electron chi connectivity index (χ1n) is 6.94. The van der Waals surface area contributed by atoms with Crippen molar-refractivity contribution in [3.63, 3.8) is 0 Å². The number of unbranched alkanes of at least 4 members (excludes halogenated alkanes) is 1. The average molecular weight is 311 g/mol. The molecule has 8 heteroatoms. The van der Waals surface area contributed by atoms with Crippen molar-refractivity contribution in [2.45, 2.75) is 39.5 Å². The van der Waals surface area contributed by atoms with Gasteiger partial charge in [-0.2, -0.15) is 0 Å². The summed E-state index contributed by atoms with van der Waals surface area (Å²) in [5, 5.41) is 11.9. The van der Waals surface area contributed by atoms with E-state index in [2.05, 4.69) is 9.84 Å². The maximum absolute atomic E-state index is 11.3. The Bertz CT molecular complexity index is 312. The molecule has 0 saturated carbocycles. The minimum Gasteiger partial charge on any atom is -0.396 e. The summed E-state index contributed by atoms with van der Waals surface area (Å²) in [4.78, 5) is 20.5. The van der Waals surface area contributed by atoms with Crippen molar-refractivity contribution in [1.29, 1.82) is 0 Å². The van der Waals surface area contributed by atoms with E-state index >= 15 is 0 Å². The van der Waals surface area contributed by atoms with E-state index in [9.17, 15) is 19.4 Å². The van der Waals surface area contributed by atoms with E-state index in [0.717, 1.165) is 6.42 Å². The van der Waals surface area contributed by atoms with Gasteiger partial charge in [-0.25, -0.2) is 4.57 Å². The lowest BCUT2D eigenvalue weighted by molar-refractivity contribution is -0.121. The zero-order valence-corrected chi connectivity index (χ0v) is 13.1. The number of rotatable bonds is 12. The number of amides is 1. The van der Waals surface area contributed by atoms with Gasteiger partial charge in [0, 0.05) is 25.5 Å². The summed E-state index contributed by atoms with van der Waals surface area (Å²) in [7, 11) is -4.00. The van der Waals surface area contributed by atoms with Gasteiger partial charge in [0.05, 0.1) is 13.2 Å².